The van der Waals surface area contributed by atoms with Crippen molar-refractivity contribution in [3.63, 3.8) is 0 Å². The van der Waals surface area contributed by atoms with Gasteiger partial charge in [-0.25, -0.2) is 4.79 Å². The zero-order valence-corrected chi connectivity index (χ0v) is 4.18. The number of ether oxygens (including phenoxy) is 1. The van der Waals surface area contributed by atoms with Gasteiger partial charge in [0.1, 0.15) is 6.61 Å². The zero-order chi connectivity index (χ0) is 5.70. The molecule has 8 heavy (non-hydrogen) atoms. The molecular weight excluding hydrogens is 119 g/mol. The topological polar surface area (TPSA) is 46.5 Å². The average molecular weight is 128 g/mol. The first-order valence-corrected chi connectivity index (χ1v) is 2.07. The van der Waals surface area contributed by atoms with Crippen molar-refractivity contribution < 1.29 is 14.6 Å². The number of carbonyl (C=O) groups is 1. The second-order valence-electron chi connectivity index (χ2n) is 1.03. The predicted molar refractivity (Wildman–Crippen MR) is 31.3 cm³/mol. The van der Waals surface area contributed by atoms with Gasteiger partial charge in [-0.3, -0.25) is 0 Å². The van der Waals surface area contributed by atoms with Gasteiger partial charge in [-0.1, -0.05) is 0 Å². The number of hydrogen-bond acceptors (Lipinski definition) is 2. The van der Waals surface area contributed by atoms with E-state index in [-0.39, 0.29) is 36.2 Å². The molecule has 0 aromatic rings. The van der Waals surface area contributed by atoms with Crippen LogP contribution in [0.3, 0.4) is 0 Å². The maximum atomic E-state index is 9.63. The Labute approximate surface area is 70.3 Å². The van der Waals surface area contributed by atoms with E-state index in [9.17, 15) is 4.79 Å². The second-order valence-corrected chi connectivity index (χ2v) is 1.03. The number of aliphatic carboxylic acids is 1. The summed E-state index contributed by atoms with van der Waals surface area (Å²) in [6.07, 6.45) is 0. The van der Waals surface area contributed by atoms with Crippen LogP contribution in [-0.4, -0.2) is 53.8 Å². The van der Waals surface area contributed by atoms with Crippen LogP contribution in [0.25, 0.3) is 0 Å². The summed E-state index contributed by atoms with van der Waals surface area (Å²) < 4.78 is 4.50. The molecule has 0 radical (unpaired) electrons. The molecule has 0 aliphatic rings. The molecule has 0 heterocycles. The summed E-state index contributed by atoms with van der Waals surface area (Å²) in [6.45, 7) is 2.03. The number of carboxylic acid groups (broad SMARTS) is 1. The summed E-state index contributed by atoms with van der Waals surface area (Å²) in [5.41, 5.74) is 0. The van der Waals surface area contributed by atoms with Crippen LogP contribution in [0, 0.1) is 0 Å². The van der Waals surface area contributed by atoms with Crippen molar-refractivity contribution in [1.29, 1.82) is 0 Å². The Kier molecular flexibility index (Phi) is 10.5. The fourth-order valence-electron chi connectivity index (χ4n) is 0.189. The van der Waals surface area contributed by atoms with E-state index in [1.165, 1.54) is 0 Å². The summed E-state index contributed by atoms with van der Waals surface area (Å²) >= 11 is 0. The number of carboxylic acids is 1. The minimum atomic E-state index is -0.915. The SMILES string of the molecule is CCOCC(=O)O.[NaH]. The summed E-state index contributed by atoms with van der Waals surface area (Å²) in [6, 6.07) is 0. The monoisotopic (exact) mass is 128 g/mol. The van der Waals surface area contributed by atoms with Crippen LogP contribution >= 0.6 is 0 Å². The van der Waals surface area contributed by atoms with Gasteiger partial charge in [0.05, 0.1) is 0 Å². The molecule has 0 saturated carbocycles. The van der Waals surface area contributed by atoms with E-state index in [1.807, 2.05) is 0 Å². The van der Waals surface area contributed by atoms with E-state index < -0.39 is 5.97 Å². The molecule has 0 unspecified atom stereocenters. The Bertz CT molecular complexity index is 64.3. The number of rotatable bonds is 3. The van der Waals surface area contributed by atoms with Crippen molar-refractivity contribution in [2.75, 3.05) is 13.2 Å². The van der Waals surface area contributed by atoms with Gasteiger partial charge < -0.3 is 9.84 Å². The first kappa shape index (κ1) is 11.3. The molecule has 0 aliphatic carbocycles. The van der Waals surface area contributed by atoms with Gasteiger partial charge >= 0.3 is 35.5 Å². The zero-order valence-electron chi connectivity index (χ0n) is 4.18. The molecule has 0 aromatic carbocycles. The van der Waals surface area contributed by atoms with E-state index in [0.29, 0.717) is 6.61 Å². The fraction of sp³-hybridized carbons (Fsp3) is 0.750. The molecule has 0 bridgehead atoms. The Morgan fingerprint density at radius 1 is 1.75 bits per heavy atom. The van der Waals surface area contributed by atoms with E-state index in [1.54, 1.807) is 6.92 Å². The molecule has 0 saturated heterocycles. The summed E-state index contributed by atoms with van der Waals surface area (Å²) in [4.78, 5) is 9.63. The molecule has 3 nitrogen and oxygen atoms in total. The summed E-state index contributed by atoms with van der Waals surface area (Å²) in [5, 5.41) is 7.92. The quantitative estimate of drug-likeness (QED) is 0.519. The molecule has 0 spiro atoms. The molecule has 1 N–H and O–H groups in total. The first-order valence-electron chi connectivity index (χ1n) is 2.07. The molecular formula is C4H9NaO3. The Balaban J connectivity index is 0. The van der Waals surface area contributed by atoms with Crippen LogP contribution in [-0.2, 0) is 9.53 Å². The van der Waals surface area contributed by atoms with E-state index in [4.69, 9.17) is 5.11 Å². The van der Waals surface area contributed by atoms with Crippen LogP contribution < -0.4 is 0 Å². The molecule has 0 fully saturated rings. The van der Waals surface area contributed by atoms with Gasteiger partial charge in [-0.2, -0.15) is 0 Å². The van der Waals surface area contributed by atoms with Crippen LogP contribution in [0.2, 0.25) is 0 Å². The first-order chi connectivity index (χ1) is 3.27. The van der Waals surface area contributed by atoms with Crippen molar-refractivity contribution in [1.82, 2.24) is 0 Å². The predicted octanol–water partition coefficient (Wildman–Crippen LogP) is -0.541. The van der Waals surface area contributed by atoms with Gasteiger partial charge in [0.15, 0.2) is 0 Å². The van der Waals surface area contributed by atoms with Crippen molar-refractivity contribution in [2.45, 2.75) is 6.92 Å². The maximum absolute atomic E-state index is 9.63. The third-order valence-corrected chi connectivity index (χ3v) is 0.430. The van der Waals surface area contributed by atoms with Crippen LogP contribution in [0.15, 0.2) is 0 Å². The summed E-state index contributed by atoms with van der Waals surface area (Å²) in [5.74, 6) is -0.915. The van der Waals surface area contributed by atoms with E-state index in [0.717, 1.165) is 0 Å². The number of hydrogen-bond donors (Lipinski definition) is 1. The molecule has 0 aromatic heterocycles. The molecule has 0 rings (SSSR count). The molecule has 0 aliphatic heterocycles. The molecule has 4 heteroatoms. The summed E-state index contributed by atoms with van der Waals surface area (Å²) in [7, 11) is 0. The average Bonchev–Trinajstić information content (AvgIpc) is 1.61. The molecule has 44 valence electrons. The van der Waals surface area contributed by atoms with Crippen molar-refractivity contribution >= 4 is 35.5 Å². The Hall–Kier alpha value is 0.430. The van der Waals surface area contributed by atoms with Crippen molar-refractivity contribution in [3.8, 4) is 0 Å². The van der Waals surface area contributed by atoms with Crippen molar-refractivity contribution in [2.24, 2.45) is 0 Å². The second kappa shape index (κ2) is 7.43. The van der Waals surface area contributed by atoms with Crippen molar-refractivity contribution in [3.05, 3.63) is 0 Å². The van der Waals surface area contributed by atoms with Crippen LogP contribution in [0.1, 0.15) is 6.92 Å². The van der Waals surface area contributed by atoms with Gasteiger partial charge in [0, 0.05) is 6.61 Å². The van der Waals surface area contributed by atoms with Gasteiger partial charge in [0.25, 0.3) is 0 Å². The van der Waals surface area contributed by atoms with Crippen LogP contribution in [0.4, 0.5) is 0 Å². The Morgan fingerprint density at radius 2 is 2.25 bits per heavy atom. The van der Waals surface area contributed by atoms with Gasteiger partial charge in [-0.05, 0) is 6.92 Å². The van der Waals surface area contributed by atoms with Gasteiger partial charge in [-0.15, -0.1) is 0 Å². The third kappa shape index (κ3) is 9.66. The standard InChI is InChI=1S/C4H8O3.Na.H/c1-2-7-3-4(5)6;;/h2-3H2,1H3,(H,5,6);;. The van der Waals surface area contributed by atoms with Crippen LogP contribution in [0.5, 0.6) is 0 Å². The van der Waals surface area contributed by atoms with E-state index in [2.05, 4.69) is 4.74 Å². The van der Waals surface area contributed by atoms with Gasteiger partial charge in [0.2, 0.25) is 0 Å². The Morgan fingerprint density at radius 3 is 2.38 bits per heavy atom. The molecule has 0 amide bonds. The fourth-order valence-corrected chi connectivity index (χ4v) is 0.189. The molecule has 0 atom stereocenters. The normalized spacial score (nSPS) is 7.62. The third-order valence-electron chi connectivity index (χ3n) is 0.430. The van der Waals surface area contributed by atoms with E-state index >= 15 is 0 Å². The minimum absolute atomic E-state index is 0.